The Labute approximate surface area is 375 Å². The van der Waals surface area contributed by atoms with Gasteiger partial charge in [0.25, 0.3) is 5.91 Å². The van der Waals surface area contributed by atoms with Crippen LogP contribution < -0.4 is 5.32 Å². The number of Topliss-reactive ketones (excluding diaryl/α,β-unsaturated/α-hetero) is 1. The molecule has 65 heavy (non-hydrogen) atoms. The molecule has 4 aliphatic rings. The fraction of sp³-hybridized carbons (Fsp3) is 0.449. The number of esters is 5. The van der Waals surface area contributed by atoms with Gasteiger partial charge in [0, 0.05) is 44.6 Å². The van der Waals surface area contributed by atoms with Crippen molar-refractivity contribution < 1.29 is 72.2 Å². The third-order valence-corrected chi connectivity index (χ3v) is 13.8. The first kappa shape index (κ1) is 46.8. The molecular formula is C49H53NO15. The molecule has 16 heteroatoms. The Morgan fingerprint density at radius 1 is 0.769 bits per heavy atom. The number of fused-ring (bicyclic) bond motifs is 5. The topological polar surface area (TPSA) is 227 Å². The standard InChI is InChI=1S/C49H53NO15/c1-26-33(63-45(58)38(54)37(30-17-11-8-12-18-30)50-43(56)31-19-13-9-14-20-31)24-49(59)42(64-44(57)32-21-15-10-16-22-32)40-47(7,41(55)39(62-28(3)52)36(26)46(49,5)6)34(61-27(2)51)23-35-48(40,25-60-35)65-29(4)53/h8-22,33-35,37-40,42,54,59H,23-25H2,1-7H3,(H,50,56)/t33-,34-,35+,37-,38+,39+,40-,42-,47+,48-,49+/m0/s1. The van der Waals surface area contributed by atoms with E-state index in [9.17, 15) is 39.0 Å². The molecule has 2 bridgehead atoms. The number of ether oxygens (including phenoxy) is 6. The molecule has 2 saturated carbocycles. The Bertz CT molecular complexity index is 2400. The number of carbonyl (C=O) groups is 7. The zero-order valence-corrected chi connectivity index (χ0v) is 37.1. The van der Waals surface area contributed by atoms with E-state index in [1.54, 1.807) is 92.7 Å². The van der Waals surface area contributed by atoms with Gasteiger partial charge in [-0.25, -0.2) is 9.59 Å². The highest BCUT2D eigenvalue weighted by molar-refractivity contribution is 5.96. The van der Waals surface area contributed by atoms with Gasteiger partial charge in [0.2, 0.25) is 0 Å². The maximum atomic E-state index is 15.8. The third-order valence-electron chi connectivity index (χ3n) is 13.8. The summed E-state index contributed by atoms with van der Waals surface area (Å²) in [5, 5.41) is 28.4. The highest BCUT2D eigenvalue weighted by Gasteiger charge is 2.79. The first-order valence-electron chi connectivity index (χ1n) is 21.4. The van der Waals surface area contributed by atoms with Crippen LogP contribution in [0.1, 0.15) is 93.6 Å². The van der Waals surface area contributed by atoms with Crippen molar-refractivity contribution in [3.8, 4) is 0 Å². The quantitative estimate of drug-likeness (QED) is 0.139. The smallest absolute Gasteiger partial charge is 0.338 e. The summed E-state index contributed by atoms with van der Waals surface area (Å²) in [6.45, 7) is 9.08. The van der Waals surface area contributed by atoms with Gasteiger partial charge in [0.15, 0.2) is 23.6 Å². The molecule has 3 aromatic carbocycles. The molecule has 0 aromatic heterocycles. The summed E-state index contributed by atoms with van der Waals surface area (Å²) in [7, 11) is 0. The van der Waals surface area contributed by atoms with Gasteiger partial charge >= 0.3 is 29.8 Å². The van der Waals surface area contributed by atoms with Crippen LogP contribution in [-0.2, 0) is 52.4 Å². The number of aliphatic hydroxyl groups excluding tert-OH is 1. The van der Waals surface area contributed by atoms with Crippen LogP contribution in [0.5, 0.6) is 0 Å². The summed E-state index contributed by atoms with van der Waals surface area (Å²) >= 11 is 0. The summed E-state index contributed by atoms with van der Waals surface area (Å²) < 4.78 is 36.5. The van der Waals surface area contributed by atoms with Gasteiger partial charge in [0.05, 0.1) is 29.5 Å². The molecule has 3 aromatic rings. The van der Waals surface area contributed by atoms with Gasteiger partial charge in [-0.3, -0.25) is 24.0 Å². The van der Waals surface area contributed by atoms with E-state index in [-0.39, 0.29) is 35.3 Å². The molecule has 1 saturated heterocycles. The van der Waals surface area contributed by atoms with Crippen LogP contribution in [-0.4, -0.2) is 106 Å². The largest absolute Gasteiger partial charge is 0.461 e. The van der Waals surface area contributed by atoms with Crippen molar-refractivity contribution in [3.05, 3.63) is 119 Å². The van der Waals surface area contributed by atoms with Gasteiger partial charge in [-0.1, -0.05) is 80.6 Å². The van der Waals surface area contributed by atoms with Crippen LogP contribution >= 0.6 is 0 Å². The van der Waals surface area contributed by atoms with Gasteiger partial charge in [-0.05, 0) is 54.8 Å². The number of benzene rings is 3. The van der Waals surface area contributed by atoms with E-state index in [0.29, 0.717) is 5.56 Å². The predicted molar refractivity (Wildman–Crippen MR) is 227 cm³/mol. The molecule has 3 aliphatic carbocycles. The SMILES string of the molecule is CC(=O)O[C@H]1C(=O)[C@]2(C)[C@@H](OC(C)=O)C[C@H]3OC[C@@]3(OC(C)=O)[C@H]2[C@H](OC(=O)c2ccccc2)[C@]2(O)C[C@H](OC(=O)[C@H](O)[C@@H](NC(=O)c3ccccc3)c3ccccc3)C(C)=C1C2(C)C. The maximum absolute atomic E-state index is 15.8. The molecule has 1 aliphatic heterocycles. The Hall–Kier alpha value is -6.23. The van der Waals surface area contributed by atoms with Crippen molar-refractivity contribution >= 4 is 41.5 Å². The lowest BCUT2D eigenvalue weighted by molar-refractivity contribution is -0.346. The summed E-state index contributed by atoms with van der Waals surface area (Å²) in [6.07, 6.45) is -10.5. The normalized spacial score (nSPS) is 30.8. The number of hydrogen-bond acceptors (Lipinski definition) is 15. The molecule has 344 valence electrons. The molecule has 0 unspecified atom stereocenters. The van der Waals surface area contributed by atoms with Crippen LogP contribution in [0.2, 0.25) is 0 Å². The Morgan fingerprint density at radius 3 is 1.88 bits per heavy atom. The van der Waals surface area contributed by atoms with Crippen LogP contribution in [0.15, 0.2) is 102 Å². The zero-order chi connectivity index (χ0) is 47.2. The van der Waals surface area contributed by atoms with E-state index < -0.39 is 119 Å². The highest BCUT2D eigenvalue weighted by Crippen LogP contribution is 2.65. The van der Waals surface area contributed by atoms with Crippen molar-refractivity contribution in [1.82, 2.24) is 5.32 Å². The van der Waals surface area contributed by atoms with E-state index >= 15 is 4.79 Å². The first-order valence-corrected chi connectivity index (χ1v) is 21.4. The van der Waals surface area contributed by atoms with Crippen LogP contribution in [0, 0.1) is 16.7 Å². The molecule has 1 heterocycles. The lowest BCUT2D eigenvalue weighted by Crippen LogP contribution is -2.82. The number of aliphatic hydroxyl groups is 2. The molecule has 7 rings (SSSR count). The number of rotatable bonds is 11. The summed E-state index contributed by atoms with van der Waals surface area (Å²) in [5.41, 5.74) is -7.22. The van der Waals surface area contributed by atoms with E-state index in [2.05, 4.69) is 5.32 Å². The number of nitrogens with one attached hydrogen (secondary N) is 1. The number of hydrogen-bond donors (Lipinski definition) is 3. The monoisotopic (exact) mass is 895 g/mol. The van der Waals surface area contributed by atoms with Gasteiger partial charge < -0.3 is 44.0 Å². The summed E-state index contributed by atoms with van der Waals surface area (Å²) in [5.74, 6) is -7.75. The molecule has 11 atom stereocenters. The van der Waals surface area contributed by atoms with Crippen molar-refractivity contribution in [2.45, 2.75) is 115 Å². The fourth-order valence-corrected chi connectivity index (χ4v) is 10.5. The number of ketones is 1. The lowest BCUT2D eigenvalue weighted by Gasteiger charge is -2.67. The minimum absolute atomic E-state index is 0.0220. The molecule has 0 spiro atoms. The molecule has 1 amide bonds. The number of carbonyl (C=O) groups excluding carboxylic acids is 7. The van der Waals surface area contributed by atoms with Gasteiger partial charge in [-0.15, -0.1) is 0 Å². The summed E-state index contributed by atoms with van der Waals surface area (Å²) in [4.78, 5) is 97.3. The number of amides is 1. The molecule has 16 nitrogen and oxygen atoms in total. The van der Waals surface area contributed by atoms with Crippen molar-refractivity contribution in [2.24, 2.45) is 16.7 Å². The highest BCUT2D eigenvalue weighted by atomic mass is 16.6. The molecular weight excluding hydrogens is 843 g/mol. The minimum atomic E-state index is -2.43. The molecule has 0 radical (unpaired) electrons. The van der Waals surface area contributed by atoms with E-state index in [1.807, 2.05) is 0 Å². The predicted octanol–water partition coefficient (Wildman–Crippen LogP) is 4.31. The zero-order valence-electron chi connectivity index (χ0n) is 37.1. The fourth-order valence-electron chi connectivity index (χ4n) is 10.5. The van der Waals surface area contributed by atoms with Crippen molar-refractivity contribution in [2.75, 3.05) is 6.61 Å². The van der Waals surface area contributed by atoms with E-state index in [0.717, 1.165) is 20.8 Å². The average molecular weight is 896 g/mol. The Kier molecular flexibility index (Phi) is 12.7. The van der Waals surface area contributed by atoms with Crippen LogP contribution in [0.25, 0.3) is 0 Å². The second kappa shape index (κ2) is 17.6. The second-order valence-electron chi connectivity index (χ2n) is 17.9. The van der Waals surface area contributed by atoms with Crippen molar-refractivity contribution in [3.63, 3.8) is 0 Å². The third kappa shape index (κ3) is 8.12. The van der Waals surface area contributed by atoms with Crippen LogP contribution in [0.4, 0.5) is 0 Å². The van der Waals surface area contributed by atoms with Gasteiger partial charge in [-0.2, -0.15) is 0 Å². The van der Waals surface area contributed by atoms with Gasteiger partial charge in [0.1, 0.15) is 30.0 Å². The van der Waals surface area contributed by atoms with Crippen molar-refractivity contribution in [1.29, 1.82) is 0 Å². The summed E-state index contributed by atoms with van der Waals surface area (Å²) in [6, 6.07) is 22.8. The first-order chi connectivity index (χ1) is 30.7. The Balaban J connectivity index is 1.42. The van der Waals surface area contributed by atoms with E-state index in [4.69, 9.17) is 28.4 Å². The lowest BCUT2D eigenvalue weighted by atomic mass is 9.44. The van der Waals surface area contributed by atoms with E-state index in [1.165, 1.54) is 26.0 Å². The Morgan fingerprint density at radius 2 is 1.34 bits per heavy atom. The second-order valence-corrected chi connectivity index (χ2v) is 17.9. The molecule has 3 N–H and O–H groups in total. The average Bonchev–Trinajstić information content (AvgIpc) is 3.26. The van der Waals surface area contributed by atoms with Crippen LogP contribution in [0.3, 0.4) is 0 Å². The maximum Gasteiger partial charge on any atom is 0.338 e. The molecule has 3 fully saturated rings. The minimum Gasteiger partial charge on any atom is -0.461 e.